The van der Waals surface area contributed by atoms with E-state index in [0.29, 0.717) is 13.0 Å². The van der Waals surface area contributed by atoms with Crippen LogP contribution in [-0.2, 0) is 29.3 Å². The largest absolute Gasteiger partial charge is 0.236 e. The Morgan fingerprint density at radius 3 is 1.26 bits per heavy atom. The third kappa shape index (κ3) is 34.1. The van der Waals surface area contributed by atoms with Crippen LogP contribution in [0.2, 0.25) is 0 Å². The van der Waals surface area contributed by atoms with E-state index in [0.717, 1.165) is 12.8 Å². The van der Waals surface area contributed by atoms with E-state index in [2.05, 4.69) is 6.92 Å². The quantitative estimate of drug-likeness (QED) is 0.158. The van der Waals surface area contributed by atoms with E-state index in [1.165, 1.54) is 0 Å². The molecular formula is C24H51NO6. The Balaban J connectivity index is -0.000000443. The van der Waals surface area contributed by atoms with Gasteiger partial charge in [-0.05, 0) is 89.5 Å². The summed E-state index contributed by atoms with van der Waals surface area (Å²) in [7, 11) is 0. The second kappa shape index (κ2) is 16.8. The maximum absolute atomic E-state index is 7.89. The minimum absolute atomic E-state index is 0.173. The van der Waals surface area contributed by atoms with Crippen molar-refractivity contribution in [3.05, 3.63) is 0 Å². The van der Waals surface area contributed by atoms with Gasteiger partial charge >= 0.3 is 0 Å². The number of hydrogen-bond acceptors (Lipinski definition) is 7. The van der Waals surface area contributed by atoms with Gasteiger partial charge in [0.2, 0.25) is 5.79 Å². The van der Waals surface area contributed by atoms with Crippen molar-refractivity contribution in [3.8, 4) is 6.07 Å². The molecule has 0 bridgehead atoms. The van der Waals surface area contributed by atoms with Crippen molar-refractivity contribution in [2.24, 2.45) is 5.92 Å². The minimum Gasteiger partial charge on any atom is -0.236 e. The Morgan fingerprint density at radius 2 is 1.03 bits per heavy atom. The highest BCUT2D eigenvalue weighted by atomic mass is 17.3. The molecule has 0 spiro atoms. The fourth-order valence-corrected chi connectivity index (χ4v) is 0.980. The standard InChI is InChI=1S/C12H26O4.C8H18O2.C4H7N/c1-9-12(8,15-13-10(2,3)4)16-14-11(5,6)7;1-5-6-7-9-10-8(2,3)4;1-4(2)3-5/h9H2,1-8H3;5-7H2,1-4H3;4H,1-2H3. The fraction of sp³-hybridized carbons (Fsp3) is 0.958. The van der Waals surface area contributed by atoms with Crippen LogP contribution >= 0.6 is 0 Å². The SMILES string of the molecule is CC(C)C#N.CCC(C)(OOC(C)(C)C)OOC(C)(C)C.CCCCOOC(C)(C)C. The van der Waals surface area contributed by atoms with Crippen LogP contribution in [0.1, 0.15) is 116 Å². The van der Waals surface area contributed by atoms with Crippen LogP contribution in [0.3, 0.4) is 0 Å². The monoisotopic (exact) mass is 449 g/mol. The number of nitrogens with zero attached hydrogens (tertiary/aromatic N) is 1. The maximum Gasteiger partial charge on any atom is 0.231 e. The van der Waals surface area contributed by atoms with Gasteiger partial charge in [-0.3, -0.25) is 0 Å². The van der Waals surface area contributed by atoms with Crippen LogP contribution in [-0.4, -0.2) is 29.2 Å². The zero-order valence-corrected chi connectivity index (χ0v) is 22.8. The molecule has 0 aromatic carbocycles. The summed E-state index contributed by atoms with van der Waals surface area (Å²) in [4.78, 5) is 31.0. The van der Waals surface area contributed by atoms with Crippen molar-refractivity contribution in [1.29, 1.82) is 5.26 Å². The Kier molecular flexibility index (Phi) is 18.9. The van der Waals surface area contributed by atoms with Gasteiger partial charge in [-0.15, -0.1) is 0 Å². The summed E-state index contributed by atoms with van der Waals surface area (Å²) in [6.45, 7) is 27.7. The van der Waals surface area contributed by atoms with Crippen molar-refractivity contribution in [1.82, 2.24) is 0 Å². The lowest BCUT2D eigenvalue weighted by molar-refractivity contribution is -0.536. The Bertz CT molecular complexity index is 435. The van der Waals surface area contributed by atoms with E-state index in [1.807, 2.05) is 89.2 Å². The van der Waals surface area contributed by atoms with Gasteiger partial charge in [0.05, 0.1) is 29.5 Å². The molecule has 0 saturated heterocycles. The lowest BCUT2D eigenvalue weighted by Gasteiger charge is -2.31. The number of rotatable bonds is 9. The molecule has 0 radical (unpaired) electrons. The van der Waals surface area contributed by atoms with E-state index in [4.69, 9.17) is 34.6 Å². The van der Waals surface area contributed by atoms with Gasteiger partial charge in [-0.1, -0.05) is 20.3 Å². The molecule has 0 saturated carbocycles. The Labute approximate surface area is 192 Å². The molecule has 188 valence electrons. The van der Waals surface area contributed by atoms with E-state index >= 15 is 0 Å². The summed E-state index contributed by atoms with van der Waals surface area (Å²) in [6, 6.07) is 2.03. The zero-order chi connectivity index (χ0) is 25.4. The molecule has 7 nitrogen and oxygen atoms in total. The lowest BCUT2D eigenvalue weighted by Crippen LogP contribution is -2.38. The highest BCUT2D eigenvalue weighted by Crippen LogP contribution is 2.24. The summed E-state index contributed by atoms with van der Waals surface area (Å²) >= 11 is 0. The second-order valence-electron chi connectivity index (χ2n) is 10.7. The molecule has 0 heterocycles. The summed E-state index contributed by atoms with van der Waals surface area (Å²) in [5.74, 6) is -0.699. The molecule has 0 aromatic heterocycles. The third-order valence-corrected chi connectivity index (χ3v) is 2.73. The first-order valence-electron chi connectivity index (χ1n) is 11.2. The number of hydrogen-bond donors (Lipinski definition) is 0. The number of nitriles is 1. The van der Waals surface area contributed by atoms with Crippen LogP contribution in [0.25, 0.3) is 0 Å². The van der Waals surface area contributed by atoms with Crippen LogP contribution in [0, 0.1) is 17.2 Å². The minimum atomic E-state index is -0.888. The van der Waals surface area contributed by atoms with Crippen molar-refractivity contribution >= 4 is 0 Å². The van der Waals surface area contributed by atoms with Crippen molar-refractivity contribution in [3.63, 3.8) is 0 Å². The van der Waals surface area contributed by atoms with Gasteiger partial charge in [0.1, 0.15) is 0 Å². The molecule has 31 heavy (non-hydrogen) atoms. The van der Waals surface area contributed by atoms with E-state index < -0.39 is 5.79 Å². The Hall–Kier alpha value is -0.750. The van der Waals surface area contributed by atoms with Crippen LogP contribution < -0.4 is 0 Å². The summed E-state index contributed by atoms with van der Waals surface area (Å²) in [5, 5.41) is 7.89. The molecule has 0 amide bonds. The van der Waals surface area contributed by atoms with Crippen molar-refractivity contribution in [2.75, 3.05) is 6.61 Å². The average molecular weight is 450 g/mol. The average Bonchev–Trinajstić information content (AvgIpc) is 2.61. The Morgan fingerprint density at radius 1 is 0.677 bits per heavy atom. The summed E-state index contributed by atoms with van der Waals surface area (Å²) in [5.41, 5.74) is -0.920. The zero-order valence-electron chi connectivity index (χ0n) is 22.8. The molecule has 0 aromatic rings. The van der Waals surface area contributed by atoms with Crippen LogP contribution in [0.4, 0.5) is 0 Å². The highest BCUT2D eigenvalue weighted by molar-refractivity contribution is 4.72. The molecule has 0 atom stereocenters. The van der Waals surface area contributed by atoms with Gasteiger partial charge in [-0.25, -0.2) is 19.6 Å². The first-order chi connectivity index (χ1) is 13.8. The number of unbranched alkanes of at least 4 members (excludes halogenated alkanes) is 1. The molecule has 0 unspecified atom stereocenters. The van der Waals surface area contributed by atoms with Gasteiger partial charge in [0.25, 0.3) is 0 Å². The van der Waals surface area contributed by atoms with Gasteiger partial charge < -0.3 is 0 Å². The third-order valence-electron chi connectivity index (χ3n) is 2.73. The van der Waals surface area contributed by atoms with Crippen molar-refractivity contribution < 1.29 is 29.3 Å². The van der Waals surface area contributed by atoms with Crippen LogP contribution in [0.5, 0.6) is 0 Å². The van der Waals surface area contributed by atoms with E-state index in [-0.39, 0.29) is 22.7 Å². The molecule has 0 N–H and O–H groups in total. The topological polar surface area (TPSA) is 79.2 Å². The molecule has 0 aliphatic rings. The maximum atomic E-state index is 7.89. The summed E-state index contributed by atoms with van der Waals surface area (Å²) < 4.78 is 0. The van der Waals surface area contributed by atoms with E-state index in [1.54, 1.807) is 6.92 Å². The lowest BCUT2D eigenvalue weighted by atomic mass is 10.2. The first kappa shape index (κ1) is 34.9. The smallest absolute Gasteiger partial charge is 0.231 e. The van der Waals surface area contributed by atoms with Crippen molar-refractivity contribution in [2.45, 2.75) is 139 Å². The van der Waals surface area contributed by atoms with Gasteiger partial charge in [0, 0.05) is 12.3 Å². The van der Waals surface area contributed by atoms with E-state index in [9.17, 15) is 0 Å². The molecule has 0 rings (SSSR count). The molecule has 0 fully saturated rings. The normalized spacial score (nSPS) is 12.5. The second-order valence-corrected chi connectivity index (χ2v) is 10.7. The summed E-state index contributed by atoms with van der Waals surface area (Å²) in [6.07, 6.45) is 2.84. The predicted octanol–water partition coefficient (Wildman–Crippen LogP) is 7.31. The fourth-order valence-electron chi connectivity index (χ4n) is 0.980. The molecular weight excluding hydrogens is 398 g/mol. The molecule has 7 heteroatoms. The van der Waals surface area contributed by atoms with Crippen LogP contribution in [0.15, 0.2) is 0 Å². The first-order valence-corrected chi connectivity index (χ1v) is 11.2. The highest BCUT2D eigenvalue weighted by Gasteiger charge is 2.31. The van der Waals surface area contributed by atoms with Gasteiger partial charge in [0.15, 0.2) is 0 Å². The van der Waals surface area contributed by atoms with Gasteiger partial charge in [-0.2, -0.15) is 15.0 Å². The predicted molar refractivity (Wildman–Crippen MR) is 125 cm³/mol. The molecule has 0 aliphatic carbocycles. The molecule has 0 aliphatic heterocycles.